The van der Waals surface area contributed by atoms with Crippen LogP contribution < -0.4 is 9.95 Å². The zero-order valence-electron chi connectivity index (χ0n) is 6.78. The van der Waals surface area contributed by atoms with Gasteiger partial charge in [-0.25, -0.2) is 4.57 Å². The lowest BCUT2D eigenvalue weighted by Gasteiger charge is -2.04. The predicted molar refractivity (Wildman–Crippen MR) is 43.6 cm³/mol. The summed E-state index contributed by atoms with van der Waals surface area (Å²) >= 11 is 0. The fraction of sp³-hybridized carbons (Fsp3) is 0.167. The van der Waals surface area contributed by atoms with Crippen LogP contribution >= 0.6 is 7.82 Å². The van der Waals surface area contributed by atoms with E-state index in [1.165, 1.54) is 0 Å². The van der Waals surface area contributed by atoms with E-state index in [9.17, 15) is 9.36 Å². The van der Waals surface area contributed by atoms with Crippen molar-refractivity contribution in [3.63, 3.8) is 0 Å². The van der Waals surface area contributed by atoms with Crippen LogP contribution in [0.5, 0.6) is 5.75 Å². The van der Waals surface area contributed by atoms with E-state index in [-0.39, 0.29) is 5.76 Å². The second-order valence-electron chi connectivity index (χ2n) is 2.31. The van der Waals surface area contributed by atoms with Crippen molar-refractivity contribution in [1.29, 1.82) is 0 Å². The summed E-state index contributed by atoms with van der Waals surface area (Å²) in [5.74, 6) is -0.622. The van der Waals surface area contributed by atoms with Gasteiger partial charge >= 0.3 is 7.82 Å². The number of phosphoric ester groups is 1. The van der Waals surface area contributed by atoms with Crippen molar-refractivity contribution in [2.24, 2.45) is 0 Å². The monoisotopic (exact) mass is 222 g/mol. The third-order valence-corrected chi connectivity index (χ3v) is 1.66. The Balaban J connectivity index is 3.02. The lowest BCUT2D eigenvalue weighted by molar-refractivity contribution is 0.239. The number of phosphoric acid groups is 1. The lowest BCUT2D eigenvalue weighted by Crippen LogP contribution is -2.06. The Labute approximate surface area is 77.8 Å². The van der Waals surface area contributed by atoms with Crippen LogP contribution in [-0.2, 0) is 11.2 Å². The number of aliphatic hydroxyl groups excluding tert-OH is 1. The van der Waals surface area contributed by atoms with Crippen molar-refractivity contribution >= 4 is 7.82 Å². The summed E-state index contributed by atoms with van der Waals surface area (Å²) in [5, 5.41) is 8.56. The van der Waals surface area contributed by atoms with Gasteiger partial charge in [0.25, 0.3) is 0 Å². The first-order chi connectivity index (χ1) is 6.42. The first kappa shape index (κ1) is 10.9. The molecule has 0 radical (unpaired) electrons. The minimum absolute atomic E-state index is 0.0203. The maximum Gasteiger partial charge on any atom is 0.525 e. The quantitative estimate of drug-likeness (QED) is 0.595. The Morgan fingerprint density at radius 1 is 1.50 bits per heavy atom. The highest BCUT2D eigenvalue weighted by Crippen LogP contribution is 2.35. The Kier molecular flexibility index (Phi) is 3.07. The summed E-state index contributed by atoms with van der Waals surface area (Å²) < 4.78 is 19.0. The molecule has 78 valence electrons. The van der Waals surface area contributed by atoms with E-state index in [1.807, 2.05) is 0 Å². The summed E-state index contributed by atoms with van der Waals surface area (Å²) in [5.41, 5.74) is -0.774. The SMILES string of the molecule is O=c1cc(CO)occ1OP(=O)(O)O. The maximum absolute atomic E-state index is 11.0. The molecule has 0 fully saturated rings. The van der Waals surface area contributed by atoms with Gasteiger partial charge in [-0.15, -0.1) is 0 Å². The summed E-state index contributed by atoms with van der Waals surface area (Å²) in [6.07, 6.45) is 0.729. The molecule has 0 aromatic carbocycles. The van der Waals surface area contributed by atoms with Crippen molar-refractivity contribution in [2.45, 2.75) is 6.61 Å². The van der Waals surface area contributed by atoms with Gasteiger partial charge in [0.15, 0.2) is 0 Å². The van der Waals surface area contributed by atoms with Crippen LogP contribution in [0.2, 0.25) is 0 Å². The average Bonchev–Trinajstić information content (AvgIpc) is 2.06. The van der Waals surface area contributed by atoms with E-state index in [4.69, 9.17) is 14.9 Å². The molecular formula is C6H7O7P. The molecule has 8 heteroatoms. The lowest BCUT2D eigenvalue weighted by atomic mass is 10.4. The van der Waals surface area contributed by atoms with Crippen LogP contribution in [0.3, 0.4) is 0 Å². The first-order valence-electron chi connectivity index (χ1n) is 3.40. The third kappa shape index (κ3) is 2.97. The molecule has 0 aliphatic carbocycles. The fourth-order valence-corrected chi connectivity index (χ4v) is 1.11. The van der Waals surface area contributed by atoms with Gasteiger partial charge in [0.05, 0.1) is 0 Å². The van der Waals surface area contributed by atoms with E-state index in [1.54, 1.807) is 0 Å². The van der Waals surface area contributed by atoms with E-state index in [2.05, 4.69) is 8.94 Å². The third-order valence-electron chi connectivity index (χ3n) is 1.23. The summed E-state index contributed by atoms with van der Waals surface area (Å²) in [7, 11) is -4.76. The van der Waals surface area contributed by atoms with Crippen molar-refractivity contribution in [3.8, 4) is 5.75 Å². The van der Waals surface area contributed by atoms with Crippen molar-refractivity contribution in [3.05, 3.63) is 28.3 Å². The molecule has 1 heterocycles. The molecule has 0 aliphatic rings. The number of aliphatic hydroxyl groups is 1. The second-order valence-corrected chi connectivity index (χ2v) is 3.48. The molecule has 0 saturated carbocycles. The van der Waals surface area contributed by atoms with Gasteiger partial charge in [0.2, 0.25) is 11.2 Å². The molecule has 0 spiro atoms. The summed E-state index contributed by atoms with van der Waals surface area (Å²) in [4.78, 5) is 27.8. The number of hydrogen-bond acceptors (Lipinski definition) is 5. The molecule has 1 aromatic rings. The highest BCUT2D eigenvalue weighted by atomic mass is 31.2. The molecule has 0 atom stereocenters. The zero-order valence-corrected chi connectivity index (χ0v) is 7.68. The Morgan fingerprint density at radius 2 is 2.14 bits per heavy atom. The largest absolute Gasteiger partial charge is 0.525 e. The van der Waals surface area contributed by atoms with Crippen LogP contribution in [0.1, 0.15) is 5.76 Å². The molecule has 7 nitrogen and oxygen atoms in total. The van der Waals surface area contributed by atoms with Crippen LogP contribution in [0.4, 0.5) is 0 Å². The second kappa shape index (κ2) is 3.93. The van der Waals surface area contributed by atoms with Crippen LogP contribution in [-0.4, -0.2) is 14.9 Å². The van der Waals surface area contributed by atoms with Gasteiger partial charge in [-0.1, -0.05) is 0 Å². The smallest absolute Gasteiger partial charge is 0.463 e. The molecule has 1 rings (SSSR count). The molecule has 3 N–H and O–H groups in total. The summed E-state index contributed by atoms with van der Waals surface area (Å²) in [6, 6.07) is 0.880. The van der Waals surface area contributed by atoms with Crippen LogP contribution in [0.25, 0.3) is 0 Å². The average molecular weight is 222 g/mol. The first-order valence-corrected chi connectivity index (χ1v) is 4.93. The molecule has 0 bridgehead atoms. The fourth-order valence-electron chi connectivity index (χ4n) is 0.716. The zero-order chi connectivity index (χ0) is 10.8. The highest BCUT2D eigenvalue weighted by molar-refractivity contribution is 7.46. The molecule has 14 heavy (non-hydrogen) atoms. The van der Waals surface area contributed by atoms with Crippen LogP contribution in [0, 0.1) is 0 Å². The van der Waals surface area contributed by atoms with Gasteiger partial charge in [-0.05, 0) is 0 Å². The van der Waals surface area contributed by atoms with Crippen molar-refractivity contribution < 1.29 is 28.4 Å². The highest BCUT2D eigenvalue weighted by Gasteiger charge is 2.18. The molecule has 0 amide bonds. The van der Waals surface area contributed by atoms with E-state index < -0.39 is 25.6 Å². The van der Waals surface area contributed by atoms with Crippen molar-refractivity contribution in [1.82, 2.24) is 0 Å². The standard InChI is InChI=1S/C6H7O7P/c7-2-4-1-5(8)6(3-12-4)13-14(9,10)11/h1,3,7H,2H2,(H2,9,10,11). The number of rotatable bonds is 3. The van der Waals surface area contributed by atoms with Gasteiger partial charge < -0.3 is 14.0 Å². The van der Waals surface area contributed by atoms with Gasteiger partial charge in [0, 0.05) is 6.07 Å². The topological polar surface area (TPSA) is 117 Å². The Hall–Kier alpha value is -1.14. The molecule has 1 aromatic heterocycles. The Bertz CT molecular complexity index is 416. The molecule has 0 saturated heterocycles. The van der Waals surface area contributed by atoms with Crippen LogP contribution in [0.15, 0.2) is 21.5 Å². The van der Waals surface area contributed by atoms with E-state index >= 15 is 0 Å². The maximum atomic E-state index is 11.0. The van der Waals surface area contributed by atoms with Gasteiger partial charge in [-0.2, -0.15) is 0 Å². The van der Waals surface area contributed by atoms with Crippen molar-refractivity contribution in [2.75, 3.05) is 0 Å². The van der Waals surface area contributed by atoms with E-state index in [0.29, 0.717) is 0 Å². The van der Waals surface area contributed by atoms with Gasteiger partial charge in [-0.3, -0.25) is 14.6 Å². The Morgan fingerprint density at radius 3 is 2.57 bits per heavy atom. The molecule has 0 aliphatic heterocycles. The minimum atomic E-state index is -4.76. The summed E-state index contributed by atoms with van der Waals surface area (Å²) in [6.45, 7) is -0.481. The number of hydrogen-bond donors (Lipinski definition) is 3. The minimum Gasteiger partial charge on any atom is -0.463 e. The van der Waals surface area contributed by atoms with E-state index in [0.717, 1.165) is 12.3 Å². The normalized spacial score (nSPS) is 11.4. The van der Waals surface area contributed by atoms with Gasteiger partial charge in [0.1, 0.15) is 18.6 Å². The molecular weight excluding hydrogens is 215 g/mol. The predicted octanol–water partition coefficient (Wildman–Crippen LogP) is -0.396. The molecule has 0 unspecified atom stereocenters.